The molecule has 0 bridgehead atoms. The fourth-order valence-electron chi connectivity index (χ4n) is 7.88. The highest BCUT2D eigenvalue weighted by molar-refractivity contribution is 6.29. The van der Waals surface area contributed by atoms with E-state index in [2.05, 4.69) is 117 Å². The van der Waals surface area contributed by atoms with Crippen LogP contribution < -0.4 is 0 Å². The van der Waals surface area contributed by atoms with Crippen LogP contribution in [0.2, 0.25) is 0 Å². The van der Waals surface area contributed by atoms with Gasteiger partial charge in [-0.15, -0.1) is 0 Å². The summed E-state index contributed by atoms with van der Waals surface area (Å²) in [4.78, 5) is 3.59. The Balaban J connectivity index is 1.23. The molecule has 0 fully saturated rings. The van der Waals surface area contributed by atoms with Crippen molar-refractivity contribution < 1.29 is 8.83 Å². The number of furan rings is 2. The monoisotopic (exact) mass is 613 g/mol. The van der Waals surface area contributed by atoms with Gasteiger partial charge in [-0.05, 0) is 72.8 Å². The highest BCUT2D eigenvalue weighted by Crippen LogP contribution is 2.45. The van der Waals surface area contributed by atoms with Crippen LogP contribution in [0.25, 0.3) is 104 Å². The zero-order valence-electron chi connectivity index (χ0n) is 25.4. The summed E-state index contributed by atoms with van der Waals surface area (Å²) in [5.41, 5.74) is 10.6. The van der Waals surface area contributed by atoms with Crippen LogP contribution in [0.5, 0.6) is 0 Å². The number of hydrogen-bond donors (Lipinski definition) is 0. The molecule has 0 saturated heterocycles. The van der Waals surface area contributed by atoms with Gasteiger partial charge in [0, 0.05) is 43.7 Å². The van der Waals surface area contributed by atoms with Gasteiger partial charge in [-0.1, -0.05) is 66.7 Å². The summed E-state index contributed by atoms with van der Waals surface area (Å²) >= 11 is 0. The molecule has 5 heteroatoms. The van der Waals surface area contributed by atoms with Gasteiger partial charge >= 0.3 is 0 Å². The zero-order chi connectivity index (χ0) is 31.5. The van der Waals surface area contributed by atoms with Crippen molar-refractivity contribution in [1.29, 1.82) is 0 Å². The molecular formula is C43H23N3O2. The predicted molar refractivity (Wildman–Crippen MR) is 196 cm³/mol. The van der Waals surface area contributed by atoms with E-state index >= 15 is 0 Å². The number of aromatic nitrogens is 2. The Bertz CT molecular complexity index is 3180. The van der Waals surface area contributed by atoms with E-state index in [0.29, 0.717) is 5.69 Å². The topological polar surface area (TPSA) is 40.5 Å². The molecule has 48 heavy (non-hydrogen) atoms. The minimum absolute atomic E-state index is 0.625. The highest BCUT2D eigenvalue weighted by atomic mass is 16.3. The number of hydrogen-bond acceptors (Lipinski definition) is 2. The van der Waals surface area contributed by atoms with E-state index in [4.69, 9.17) is 15.4 Å². The Labute approximate surface area is 272 Å². The molecular weight excluding hydrogens is 590 g/mol. The zero-order valence-corrected chi connectivity index (χ0v) is 25.4. The van der Waals surface area contributed by atoms with Crippen LogP contribution >= 0.6 is 0 Å². The van der Waals surface area contributed by atoms with Gasteiger partial charge in [0.25, 0.3) is 0 Å². The lowest BCUT2D eigenvalue weighted by Gasteiger charge is -2.08. The lowest BCUT2D eigenvalue weighted by molar-refractivity contribution is 0.669. The first-order valence-corrected chi connectivity index (χ1v) is 16.0. The first kappa shape index (κ1) is 25.4. The number of rotatable bonds is 2. The first-order valence-electron chi connectivity index (χ1n) is 16.0. The molecule has 11 aromatic rings. The van der Waals surface area contributed by atoms with Crippen molar-refractivity contribution in [3.8, 4) is 11.4 Å². The molecule has 5 nitrogen and oxygen atoms in total. The third-order valence-corrected chi connectivity index (χ3v) is 9.93. The molecule has 0 radical (unpaired) electrons. The standard InChI is InChI=1S/C43H23N3O2/c1-44-25-14-16-26(17-15-25)45-34-11-5-2-9-31(34)40-36(45)21-19-29-30-20-22-37-41(43(30)48-42(29)40)32-10-3-6-12-35(32)46(37)27-18-23-39-33(24-27)28-8-4-7-13-38(28)47-39/h2-24H. The summed E-state index contributed by atoms with van der Waals surface area (Å²) < 4.78 is 17.8. The lowest BCUT2D eigenvalue weighted by atomic mass is 10.1. The van der Waals surface area contributed by atoms with E-state index in [0.717, 1.165) is 98.9 Å². The summed E-state index contributed by atoms with van der Waals surface area (Å²) in [6.45, 7) is 7.41. The van der Waals surface area contributed by atoms with E-state index in [9.17, 15) is 0 Å². The Hall–Kier alpha value is -6.77. The molecule has 0 saturated carbocycles. The average Bonchev–Trinajstić information content (AvgIpc) is 3.88. The summed E-state index contributed by atoms with van der Waals surface area (Å²) in [5, 5.41) is 8.86. The summed E-state index contributed by atoms with van der Waals surface area (Å²) in [6, 6.07) is 48.3. The van der Waals surface area contributed by atoms with Gasteiger partial charge in [-0.25, -0.2) is 4.85 Å². The first-order chi connectivity index (χ1) is 23.8. The van der Waals surface area contributed by atoms with E-state index in [1.807, 2.05) is 36.4 Å². The number of para-hydroxylation sites is 3. The molecule has 11 rings (SSSR count). The quantitative estimate of drug-likeness (QED) is 0.182. The van der Waals surface area contributed by atoms with Crippen LogP contribution in [0.15, 0.2) is 148 Å². The Kier molecular flexibility index (Phi) is 4.85. The Morgan fingerprint density at radius 1 is 0.417 bits per heavy atom. The van der Waals surface area contributed by atoms with E-state index in [-0.39, 0.29) is 0 Å². The van der Waals surface area contributed by atoms with Gasteiger partial charge in [0.1, 0.15) is 22.3 Å². The van der Waals surface area contributed by atoms with Crippen LogP contribution in [0, 0.1) is 6.57 Å². The fourth-order valence-corrected chi connectivity index (χ4v) is 7.88. The summed E-state index contributed by atoms with van der Waals surface area (Å²) in [7, 11) is 0. The van der Waals surface area contributed by atoms with Gasteiger partial charge in [0.15, 0.2) is 5.69 Å². The minimum Gasteiger partial charge on any atom is -0.456 e. The molecule has 0 amide bonds. The van der Waals surface area contributed by atoms with Crippen LogP contribution in [0.4, 0.5) is 5.69 Å². The third kappa shape index (κ3) is 3.23. The number of fused-ring (bicyclic) bond motifs is 14. The third-order valence-electron chi connectivity index (χ3n) is 9.93. The van der Waals surface area contributed by atoms with Gasteiger partial charge in [-0.2, -0.15) is 0 Å². The molecule has 0 N–H and O–H groups in total. The van der Waals surface area contributed by atoms with Crippen molar-refractivity contribution in [2.45, 2.75) is 0 Å². The smallest absolute Gasteiger partial charge is 0.187 e. The van der Waals surface area contributed by atoms with E-state index in [1.54, 1.807) is 0 Å². The largest absolute Gasteiger partial charge is 0.456 e. The Morgan fingerprint density at radius 3 is 1.60 bits per heavy atom. The van der Waals surface area contributed by atoms with Gasteiger partial charge in [-0.3, -0.25) is 0 Å². The van der Waals surface area contributed by atoms with Crippen molar-refractivity contribution in [1.82, 2.24) is 9.13 Å². The summed E-state index contributed by atoms with van der Waals surface area (Å²) in [5.74, 6) is 0. The van der Waals surface area contributed by atoms with Crippen molar-refractivity contribution in [2.75, 3.05) is 0 Å². The van der Waals surface area contributed by atoms with Crippen LogP contribution in [-0.2, 0) is 0 Å². The lowest BCUT2D eigenvalue weighted by Crippen LogP contribution is -1.93. The maximum atomic E-state index is 7.41. The molecule has 4 aromatic heterocycles. The van der Waals surface area contributed by atoms with Crippen LogP contribution in [0.1, 0.15) is 0 Å². The minimum atomic E-state index is 0.625. The second kappa shape index (κ2) is 9.16. The Morgan fingerprint density at radius 2 is 0.958 bits per heavy atom. The van der Waals surface area contributed by atoms with Crippen molar-refractivity contribution in [2.24, 2.45) is 0 Å². The molecule has 4 heterocycles. The molecule has 0 spiro atoms. The molecule has 0 aliphatic carbocycles. The molecule has 222 valence electrons. The normalized spacial score (nSPS) is 12.1. The van der Waals surface area contributed by atoms with Crippen molar-refractivity contribution >= 4 is 93.2 Å². The van der Waals surface area contributed by atoms with E-state index < -0.39 is 0 Å². The highest BCUT2D eigenvalue weighted by Gasteiger charge is 2.22. The van der Waals surface area contributed by atoms with Crippen molar-refractivity contribution in [3.05, 3.63) is 151 Å². The SMILES string of the molecule is [C-]#[N+]c1ccc(-n2c3ccccc3c3c4oc5c(ccc6c5c5ccccc5n6-c5ccc6oc7ccccc7c6c5)c4ccc32)cc1. The van der Waals surface area contributed by atoms with Crippen LogP contribution in [0.3, 0.4) is 0 Å². The fraction of sp³-hybridized carbons (Fsp3) is 0. The predicted octanol–water partition coefficient (Wildman–Crippen LogP) is 12.2. The van der Waals surface area contributed by atoms with Crippen molar-refractivity contribution in [3.63, 3.8) is 0 Å². The summed E-state index contributed by atoms with van der Waals surface area (Å²) in [6.07, 6.45) is 0. The average molecular weight is 614 g/mol. The molecule has 0 atom stereocenters. The second-order valence-electron chi connectivity index (χ2n) is 12.4. The van der Waals surface area contributed by atoms with Gasteiger partial charge in [0.2, 0.25) is 0 Å². The van der Waals surface area contributed by atoms with Gasteiger partial charge in [0.05, 0.1) is 39.4 Å². The number of nitrogens with zero attached hydrogens (tertiary/aromatic N) is 3. The molecule has 0 aliphatic heterocycles. The molecule has 0 unspecified atom stereocenters. The van der Waals surface area contributed by atoms with E-state index in [1.165, 1.54) is 0 Å². The molecule has 7 aromatic carbocycles. The maximum absolute atomic E-state index is 7.41. The van der Waals surface area contributed by atoms with Gasteiger partial charge < -0.3 is 18.0 Å². The number of benzene rings is 7. The van der Waals surface area contributed by atoms with Crippen LogP contribution in [-0.4, -0.2) is 9.13 Å². The maximum Gasteiger partial charge on any atom is 0.187 e. The molecule has 0 aliphatic rings. The second-order valence-corrected chi connectivity index (χ2v) is 12.4.